The van der Waals surface area contributed by atoms with Gasteiger partial charge in [-0.05, 0) is 29.8 Å². The Morgan fingerprint density at radius 1 is 1.29 bits per heavy atom. The predicted molar refractivity (Wildman–Crippen MR) is 98.4 cm³/mol. The molecule has 0 atom stereocenters. The van der Waals surface area contributed by atoms with Gasteiger partial charge < -0.3 is 11.5 Å². The highest BCUT2D eigenvalue weighted by Gasteiger charge is 2.22. The maximum Gasteiger partial charge on any atom is 0.264 e. The number of nitrogens with two attached hydrogens (primary N) is 2. The van der Waals surface area contributed by atoms with Crippen LogP contribution in [0.2, 0.25) is 25.7 Å². The number of primary amides is 1. The molecule has 130 valence electrons. The van der Waals surface area contributed by atoms with E-state index in [2.05, 4.69) is 24.7 Å². The van der Waals surface area contributed by atoms with Crippen molar-refractivity contribution in [3.63, 3.8) is 0 Å². The van der Waals surface area contributed by atoms with Crippen molar-refractivity contribution in [1.82, 2.24) is 9.19 Å². The van der Waals surface area contributed by atoms with Crippen LogP contribution in [0, 0.1) is 0 Å². The molecule has 0 fully saturated rings. The van der Waals surface area contributed by atoms with Gasteiger partial charge in [0.2, 0.25) is 0 Å². The second-order valence-corrected chi connectivity index (χ2v) is 14.4. The first-order chi connectivity index (χ1) is 11.0. The molecule has 0 spiro atoms. The van der Waals surface area contributed by atoms with E-state index in [1.54, 1.807) is 18.2 Å². The SMILES string of the molecule is C[Si](C)(C)CCS(=O)(=O)n1ncc2cc(/C=C(\N)C(N)=O)ccc21. The third-order valence-corrected chi connectivity index (χ3v) is 7.19. The van der Waals surface area contributed by atoms with Gasteiger partial charge in [-0.3, -0.25) is 4.79 Å². The van der Waals surface area contributed by atoms with Gasteiger partial charge in [0.1, 0.15) is 0 Å². The molecule has 0 aliphatic carbocycles. The summed E-state index contributed by atoms with van der Waals surface area (Å²) in [5.74, 6) is -0.629. The van der Waals surface area contributed by atoms with Crippen molar-refractivity contribution in [2.45, 2.75) is 25.7 Å². The van der Waals surface area contributed by atoms with Crippen molar-refractivity contribution in [3.8, 4) is 0 Å². The van der Waals surface area contributed by atoms with Crippen LogP contribution < -0.4 is 11.5 Å². The summed E-state index contributed by atoms with van der Waals surface area (Å²) < 4.78 is 26.1. The smallest absolute Gasteiger partial charge is 0.264 e. The Labute approximate surface area is 142 Å². The minimum absolute atomic E-state index is 0.0653. The molecule has 9 heteroatoms. The molecule has 2 aromatic rings. The van der Waals surface area contributed by atoms with Crippen molar-refractivity contribution < 1.29 is 13.2 Å². The van der Waals surface area contributed by atoms with Crippen molar-refractivity contribution in [2.75, 3.05) is 5.75 Å². The average Bonchev–Trinajstić information content (AvgIpc) is 2.88. The molecule has 1 aromatic heterocycles. The molecule has 0 aliphatic heterocycles. The van der Waals surface area contributed by atoms with Gasteiger partial charge in [0.15, 0.2) is 0 Å². The van der Waals surface area contributed by atoms with E-state index in [4.69, 9.17) is 11.5 Å². The van der Waals surface area contributed by atoms with Crippen molar-refractivity contribution >= 4 is 41.0 Å². The van der Waals surface area contributed by atoms with Crippen LogP contribution >= 0.6 is 0 Å². The maximum atomic E-state index is 12.5. The third-order valence-electron chi connectivity index (χ3n) is 3.54. The standard InChI is InChI=1S/C15H22N4O3SSi/c1-24(2,3)7-6-23(21,22)19-14-5-4-11(8-12(14)10-18-19)9-13(16)15(17)20/h4-5,8-10H,6-7,16H2,1-3H3,(H2,17,20)/b13-9-. The van der Waals surface area contributed by atoms with Gasteiger partial charge in [0.05, 0.1) is 23.2 Å². The summed E-state index contributed by atoms with van der Waals surface area (Å²) in [5, 5.41) is 4.67. The van der Waals surface area contributed by atoms with E-state index < -0.39 is 24.0 Å². The number of hydrogen-bond acceptors (Lipinski definition) is 5. The van der Waals surface area contributed by atoms with Crippen LogP contribution in [0.25, 0.3) is 17.0 Å². The van der Waals surface area contributed by atoms with Crippen LogP contribution in [0.15, 0.2) is 30.1 Å². The molecule has 0 unspecified atom stereocenters. The topological polar surface area (TPSA) is 121 Å². The fourth-order valence-corrected chi connectivity index (χ4v) is 6.42. The van der Waals surface area contributed by atoms with Gasteiger partial charge >= 0.3 is 0 Å². The lowest BCUT2D eigenvalue weighted by molar-refractivity contribution is -0.114. The molecule has 1 amide bonds. The Morgan fingerprint density at radius 3 is 2.54 bits per heavy atom. The predicted octanol–water partition coefficient (Wildman–Crippen LogP) is 1.34. The lowest BCUT2D eigenvalue weighted by atomic mass is 10.1. The number of nitrogens with zero attached hydrogens (tertiary/aromatic N) is 2. The number of aromatic nitrogens is 2. The molecule has 0 bridgehead atoms. The first-order valence-electron chi connectivity index (χ1n) is 7.48. The molecule has 1 heterocycles. The Hall–Kier alpha value is -2.13. The molecule has 0 radical (unpaired) electrons. The molecule has 0 saturated heterocycles. The minimum Gasteiger partial charge on any atom is -0.394 e. The monoisotopic (exact) mass is 366 g/mol. The van der Waals surface area contributed by atoms with E-state index in [0.29, 0.717) is 22.5 Å². The molecule has 0 aliphatic rings. The zero-order valence-corrected chi connectivity index (χ0v) is 15.8. The van der Waals surface area contributed by atoms with Crippen LogP contribution in [0.5, 0.6) is 0 Å². The highest BCUT2D eigenvalue weighted by molar-refractivity contribution is 7.90. The first-order valence-corrected chi connectivity index (χ1v) is 12.8. The van der Waals surface area contributed by atoms with Crippen LogP contribution in [-0.2, 0) is 14.8 Å². The van der Waals surface area contributed by atoms with Crippen LogP contribution in [0.1, 0.15) is 5.56 Å². The second kappa shape index (κ2) is 6.40. The van der Waals surface area contributed by atoms with Crippen molar-refractivity contribution in [1.29, 1.82) is 0 Å². The molecular weight excluding hydrogens is 344 g/mol. The number of carbonyl (C=O) groups excluding carboxylic acids is 1. The minimum atomic E-state index is -3.50. The highest BCUT2D eigenvalue weighted by atomic mass is 32.2. The van der Waals surface area contributed by atoms with Gasteiger partial charge in [-0.2, -0.15) is 9.19 Å². The van der Waals surface area contributed by atoms with E-state index in [1.165, 1.54) is 12.3 Å². The van der Waals surface area contributed by atoms with Crippen molar-refractivity contribution in [2.24, 2.45) is 11.5 Å². The molecular formula is C15H22N4O3SSi. The van der Waals surface area contributed by atoms with Crippen molar-refractivity contribution in [3.05, 3.63) is 35.7 Å². The quantitative estimate of drug-likeness (QED) is 0.590. The van der Waals surface area contributed by atoms with E-state index >= 15 is 0 Å². The summed E-state index contributed by atoms with van der Waals surface area (Å²) in [6.45, 7) is 6.39. The van der Waals surface area contributed by atoms with Gasteiger partial charge in [-0.15, -0.1) is 0 Å². The lowest BCUT2D eigenvalue weighted by Gasteiger charge is -2.15. The van der Waals surface area contributed by atoms with Crippen LogP contribution in [0.3, 0.4) is 0 Å². The molecule has 1 aromatic carbocycles. The molecule has 2 rings (SSSR count). The molecule has 4 N–H and O–H groups in total. The fourth-order valence-electron chi connectivity index (χ4n) is 2.11. The zero-order valence-electron chi connectivity index (χ0n) is 14.0. The Bertz CT molecular complexity index is 910. The summed E-state index contributed by atoms with van der Waals surface area (Å²) in [6, 6.07) is 5.70. The Balaban J connectivity index is 2.38. The zero-order chi connectivity index (χ0) is 18.1. The molecule has 0 saturated carbocycles. The summed E-state index contributed by atoms with van der Waals surface area (Å²) in [5.41, 5.74) is 11.7. The van der Waals surface area contributed by atoms with Gasteiger partial charge in [-0.25, -0.2) is 8.42 Å². The summed E-state index contributed by atoms with van der Waals surface area (Å²) in [7, 11) is -4.97. The highest BCUT2D eigenvalue weighted by Crippen LogP contribution is 2.20. The third kappa shape index (κ3) is 4.23. The maximum absolute atomic E-state index is 12.5. The van der Waals surface area contributed by atoms with E-state index in [1.807, 2.05) is 0 Å². The Kier molecular flexibility index (Phi) is 4.86. The number of hydrogen-bond donors (Lipinski definition) is 2. The van der Waals surface area contributed by atoms with Gasteiger partial charge in [0, 0.05) is 13.5 Å². The van der Waals surface area contributed by atoms with Gasteiger partial charge in [0.25, 0.3) is 15.9 Å². The largest absolute Gasteiger partial charge is 0.394 e. The van der Waals surface area contributed by atoms with Crippen LogP contribution in [0.4, 0.5) is 0 Å². The lowest BCUT2D eigenvalue weighted by Crippen LogP contribution is -2.27. The molecule has 24 heavy (non-hydrogen) atoms. The van der Waals surface area contributed by atoms with E-state index in [9.17, 15) is 13.2 Å². The number of fused-ring (bicyclic) bond motifs is 1. The van der Waals surface area contributed by atoms with Crippen LogP contribution in [-0.4, -0.2) is 37.3 Å². The summed E-state index contributed by atoms with van der Waals surface area (Å²) in [6.07, 6.45) is 2.93. The molecule has 7 nitrogen and oxygen atoms in total. The first kappa shape index (κ1) is 18.2. The van der Waals surface area contributed by atoms with Gasteiger partial charge in [-0.1, -0.05) is 25.7 Å². The number of carbonyl (C=O) groups is 1. The summed E-state index contributed by atoms with van der Waals surface area (Å²) >= 11 is 0. The normalized spacial score (nSPS) is 13.4. The number of amides is 1. The fraction of sp³-hybridized carbons (Fsp3) is 0.333. The van der Waals surface area contributed by atoms with E-state index in [-0.39, 0.29) is 11.4 Å². The van der Waals surface area contributed by atoms with E-state index in [0.717, 1.165) is 4.09 Å². The second-order valence-electron chi connectivity index (χ2n) is 6.90. The average molecular weight is 367 g/mol. The number of benzene rings is 1. The Morgan fingerprint density at radius 2 is 1.96 bits per heavy atom. The number of rotatable bonds is 6. The summed E-state index contributed by atoms with van der Waals surface area (Å²) in [4.78, 5) is 11.0.